The Balaban J connectivity index is 1.95. The Morgan fingerprint density at radius 3 is 2.25 bits per heavy atom. The van der Waals surface area contributed by atoms with E-state index in [1.165, 1.54) is 0 Å². The number of benzene rings is 2. The van der Waals surface area contributed by atoms with Crippen molar-refractivity contribution in [3.8, 4) is 11.5 Å². The molecule has 0 aliphatic carbocycles. The summed E-state index contributed by atoms with van der Waals surface area (Å²) in [5.41, 5.74) is 1.98. The molecule has 0 spiro atoms. The number of aliphatic imine (C=N–C) groups is 1. The van der Waals surface area contributed by atoms with E-state index in [-0.39, 0.29) is 5.91 Å². The van der Waals surface area contributed by atoms with Crippen LogP contribution in [0.1, 0.15) is 11.1 Å². The number of hydrogen-bond acceptors (Lipinski definition) is 4. The maximum absolute atomic E-state index is 12.2. The molecule has 2 aromatic rings. The molecule has 0 bridgehead atoms. The van der Waals surface area contributed by atoms with Crippen LogP contribution in [0.3, 0.4) is 0 Å². The molecule has 0 radical (unpaired) electrons. The number of amides is 1. The quantitative estimate of drug-likeness (QED) is 0.819. The Bertz CT molecular complexity index is 820. The molecule has 0 unspecified atom stereocenters. The fourth-order valence-corrected chi connectivity index (χ4v) is 2.53. The van der Waals surface area contributed by atoms with Crippen molar-refractivity contribution in [3.05, 3.63) is 63.8 Å². The van der Waals surface area contributed by atoms with E-state index in [1.54, 1.807) is 38.5 Å². The SMILES string of the molecule is COc1cc(OC)cc(C2=N/C(=C/c3ccc(Br)cc3)C(=O)N2)c1. The van der Waals surface area contributed by atoms with Crippen molar-refractivity contribution in [1.29, 1.82) is 0 Å². The predicted octanol–water partition coefficient (Wildman–Crippen LogP) is 3.38. The molecule has 1 N–H and O–H groups in total. The summed E-state index contributed by atoms with van der Waals surface area (Å²) in [4.78, 5) is 16.6. The zero-order valence-electron chi connectivity index (χ0n) is 13.2. The molecule has 0 aromatic heterocycles. The van der Waals surface area contributed by atoms with Crippen LogP contribution < -0.4 is 14.8 Å². The van der Waals surface area contributed by atoms with E-state index in [9.17, 15) is 4.79 Å². The van der Waals surface area contributed by atoms with Crippen LogP contribution in [0.5, 0.6) is 11.5 Å². The molecule has 2 aromatic carbocycles. The lowest BCUT2D eigenvalue weighted by molar-refractivity contribution is -0.115. The summed E-state index contributed by atoms with van der Waals surface area (Å²) in [7, 11) is 3.15. The van der Waals surface area contributed by atoms with Crippen LogP contribution in [0, 0.1) is 0 Å². The van der Waals surface area contributed by atoms with Crippen molar-refractivity contribution in [3.63, 3.8) is 0 Å². The first-order valence-corrected chi connectivity index (χ1v) is 7.99. The van der Waals surface area contributed by atoms with Gasteiger partial charge in [0.2, 0.25) is 0 Å². The van der Waals surface area contributed by atoms with Crippen molar-refractivity contribution in [2.75, 3.05) is 14.2 Å². The maximum Gasteiger partial charge on any atom is 0.275 e. The number of methoxy groups -OCH3 is 2. The number of carbonyl (C=O) groups excluding carboxylic acids is 1. The molecular formula is C18H15BrN2O3. The van der Waals surface area contributed by atoms with Crippen molar-refractivity contribution < 1.29 is 14.3 Å². The van der Waals surface area contributed by atoms with Gasteiger partial charge in [-0.05, 0) is 35.9 Å². The van der Waals surface area contributed by atoms with Gasteiger partial charge in [-0.15, -0.1) is 0 Å². The molecule has 1 aliphatic rings. The lowest BCUT2D eigenvalue weighted by atomic mass is 10.2. The van der Waals surface area contributed by atoms with Gasteiger partial charge in [0.05, 0.1) is 14.2 Å². The molecule has 0 fully saturated rings. The molecule has 24 heavy (non-hydrogen) atoms. The summed E-state index contributed by atoms with van der Waals surface area (Å²) in [5, 5.41) is 2.78. The summed E-state index contributed by atoms with van der Waals surface area (Å²) in [5.74, 6) is 1.49. The van der Waals surface area contributed by atoms with Gasteiger partial charge >= 0.3 is 0 Å². The molecule has 6 heteroatoms. The average molecular weight is 387 g/mol. The van der Waals surface area contributed by atoms with Crippen LogP contribution in [-0.2, 0) is 4.79 Å². The van der Waals surface area contributed by atoms with Crippen LogP contribution in [0.4, 0.5) is 0 Å². The molecule has 0 atom stereocenters. The summed E-state index contributed by atoms with van der Waals surface area (Å²) in [6.07, 6.45) is 1.74. The summed E-state index contributed by atoms with van der Waals surface area (Å²) in [6, 6.07) is 13.0. The van der Waals surface area contributed by atoms with E-state index in [4.69, 9.17) is 9.47 Å². The third-order valence-corrected chi connectivity index (χ3v) is 4.02. The second-order valence-corrected chi connectivity index (χ2v) is 6.01. The smallest absolute Gasteiger partial charge is 0.275 e. The molecule has 122 valence electrons. The first kappa shape index (κ1) is 16.3. The van der Waals surface area contributed by atoms with Crippen molar-refractivity contribution in [2.24, 2.45) is 4.99 Å². The van der Waals surface area contributed by atoms with E-state index < -0.39 is 0 Å². The number of nitrogens with one attached hydrogen (secondary N) is 1. The van der Waals surface area contributed by atoms with E-state index in [1.807, 2.05) is 24.3 Å². The number of carbonyl (C=O) groups is 1. The predicted molar refractivity (Wildman–Crippen MR) is 96.3 cm³/mol. The Kier molecular flexibility index (Phi) is 4.66. The molecule has 0 saturated carbocycles. The number of amidine groups is 1. The van der Waals surface area contributed by atoms with Gasteiger partial charge in [0.15, 0.2) is 0 Å². The molecule has 1 amide bonds. The third-order valence-electron chi connectivity index (χ3n) is 3.50. The van der Waals surface area contributed by atoms with Gasteiger partial charge in [-0.1, -0.05) is 28.1 Å². The van der Waals surface area contributed by atoms with Crippen LogP contribution in [-0.4, -0.2) is 26.0 Å². The first-order chi connectivity index (χ1) is 11.6. The standard InChI is InChI=1S/C18H15BrN2O3/c1-23-14-8-12(9-15(10-14)24-2)17-20-16(18(22)21-17)7-11-3-5-13(19)6-4-11/h3-10H,1-2H3,(H,20,21,22)/b16-7+. The molecule has 1 heterocycles. The van der Waals surface area contributed by atoms with Gasteiger partial charge < -0.3 is 14.8 Å². The van der Waals surface area contributed by atoms with Gasteiger partial charge in [-0.3, -0.25) is 4.79 Å². The Morgan fingerprint density at radius 1 is 1.04 bits per heavy atom. The normalized spacial score (nSPS) is 15.2. The van der Waals surface area contributed by atoms with Crippen molar-refractivity contribution in [2.45, 2.75) is 0 Å². The minimum atomic E-state index is -0.241. The fraction of sp³-hybridized carbons (Fsp3) is 0.111. The van der Waals surface area contributed by atoms with Gasteiger partial charge in [0, 0.05) is 16.1 Å². The number of rotatable bonds is 4. The molecule has 5 nitrogen and oxygen atoms in total. The molecule has 3 rings (SSSR count). The van der Waals surface area contributed by atoms with Crippen LogP contribution in [0.2, 0.25) is 0 Å². The number of halogens is 1. The highest BCUT2D eigenvalue weighted by molar-refractivity contribution is 9.10. The zero-order chi connectivity index (χ0) is 17.1. The average Bonchev–Trinajstić information content (AvgIpc) is 2.97. The molecule has 0 saturated heterocycles. The lowest BCUT2D eigenvalue weighted by Crippen LogP contribution is -2.24. The fourth-order valence-electron chi connectivity index (χ4n) is 2.27. The first-order valence-electron chi connectivity index (χ1n) is 7.20. The second-order valence-electron chi connectivity index (χ2n) is 5.10. The van der Waals surface area contributed by atoms with Crippen LogP contribution in [0.15, 0.2) is 57.6 Å². The summed E-state index contributed by atoms with van der Waals surface area (Å²) in [6.45, 7) is 0. The van der Waals surface area contributed by atoms with E-state index in [0.717, 1.165) is 15.6 Å². The minimum Gasteiger partial charge on any atom is -0.497 e. The van der Waals surface area contributed by atoms with E-state index >= 15 is 0 Å². The summed E-state index contributed by atoms with van der Waals surface area (Å²) >= 11 is 3.39. The number of nitrogens with zero attached hydrogens (tertiary/aromatic N) is 1. The van der Waals surface area contributed by atoms with E-state index in [0.29, 0.717) is 23.0 Å². The third kappa shape index (κ3) is 3.49. The highest BCUT2D eigenvalue weighted by Gasteiger charge is 2.22. The summed E-state index contributed by atoms with van der Waals surface area (Å²) < 4.78 is 11.5. The van der Waals surface area contributed by atoms with Gasteiger partial charge in [-0.25, -0.2) is 4.99 Å². The zero-order valence-corrected chi connectivity index (χ0v) is 14.8. The van der Waals surface area contributed by atoms with Crippen molar-refractivity contribution in [1.82, 2.24) is 5.32 Å². The molecular weight excluding hydrogens is 372 g/mol. The monoisotopic (exact) mass is 386 g/mol. The Hall–Kier alpha value is -2.60. The second kappa shape index (κ2) is 6.88. The van der Waals surface area contributed by atoms with Crippen LogP contribution >= 0.6 is 15.9 Å². The minimum absolute atomic E-state index is 0.241. The van der Waals surface area contributed by atoms with Gasteiger partial charge in [-0.2, -0.15) is 0 Å². The largest absolute Gasteiger partial charge is 0.497 e. The topological polar surface area (TPSA) is 59.9 Å². The maximum atomic E-state index is 12.2. The highest BCUT2D eigenvalue weighted by atomic mass is 79.9. The number of ether oxygens (including phenoxy) is 2. The van der Waals surface area contributed by atoms with Crippen LogP contribution in [0.25, 0.3) is 6.08 Å². The Labute approximate surface area is 148 Å². The lowest BCUT2D eigenvalue weighted by Gasteiger charge is -2.08. The van der Waals surface area contributed by atoms with Gasteiger partial charge in [0.1, 0.15) is 23.0 Å². The number of hydrogen-bond donors (Lipinski definition) is 1. The van der Waals surface area contributed by atoms with Crippen molar-refractivity contribution >= 4 is 33.7 Å². The highest BCUT2D eigenvalue weighted by Crippen LogP contribution is 2.24. The molecule has 1 aliphatic heterocycles. The van der Waals surface area contributed by atoms with E-state index in [2.05, 4.69) is 26.2 Å². The van der Waals surface area contributed by atoms with Gasteiger partial charge in [0.25, 0.3) is 5.91 Å². The Morgan fingerprint density at radius 2 is 1.67 bits per heavy atom.